The Morgan fingerprint density at radius 1 is 1.06 bits per heavy atom. The van der Waals surface area contributed by atoms with Crippen LogP contribution in [0.1, 0.15) is 29.7 Å². The molecule has 3 aromatic carbocycles. The van der Waals surface area contributed by atoms with E-state index in [1.165, 1.54) is 30.3 Å². The molecule has 0 radical (unpaired) electrons. The highest BCUT2D eigenvalue weighted by Gasteiger charge is 2.48. The van der Waals surface area contributed by atoms with Crippen LogP contribution in [-0.4, -0.2) is 30.0 Å². The van der Waals surface area contributed by atoms with Gasteiger partial charge in [-0.05, 0) is 37.6 Å². The van der Waals surface area contributed by atoms with Gasteiger partial charge in [0, 0.05) is 6.07 Å². The summed E-state index contributed by atoms with van der Waals surface area (Å²) in [5.41, 5.74) is -1.53. The Morgan fingerprint density at radius 2 is 1.65 bits per heavy atom. The number of benzene rings is 3. The summed E-state index contributed by atoms with van der Waals surface area (Å²) in [6.07, 6.45) is -1.93. The lowest BCUT2D eigenvalue weighted by Gasteiger charge is -2.32. The lowest BCUT2D eigenvalue weighted by Crippen LogP contribution is -2.56. The SMILES string of the molecule is Cc1ccc(S(=O)(=O)N[C@@](C)(C(=O)OCc2ccccc2)[C@@H](O)c2ccccc2[N+](=O)[O-])cc1. The zero-order valence-electron chi connectivity index (χ0n) is 18.5. The van der Waals surface area contributed by atoms with Gasteiger partial charge in [-0.3, -0.25) is 10.1 Å². The minimum absolute atomic E-state index is 0.144. The van der Waals surface area contributed by atoms with E-state index in [2.05, 4.69) is 4.72 Å². The number of sulfonamides is 1. The summed E-state index contributed by atoms with van der Waals surface area (Å²) in [6.45, 7) is 2.73. The zero-order valence-corrected chi connectivity index (χ0v) is 19.4. The number of aryl methyl sites for hydroxylation is 1. The standard InChI is InChI=1S/C24H24N2O7S/c1-17-12-14-19(15-13-17)34(31,32)25-24(2,23(28)33-16-18-8-4-3-5-9-18)22(27)20-10-6-7-11-21(20)26(29)30/h3-15,22,25,27H,16H2,1-2H3/t22-,24+/m0/s1. The molecule has 0 saturated heterocycles. The van der Waals surface area contributed by atoms with Gasteiger partial charge in [-0.15, -0.1) is 0 Å². The second-order valence-electron chi connectivity index (χ2n) is 7.90. The van der Waals surface area contributed by atoms with E-state index in [0.29, 0.717) is 5.56 Å². The second kappa shape index (κ2) is 10.1. The Bertz CT molecular complexity index is 1280. The maximum atomic E-state index is 13.2. The summed E-state index contributed by atoms with van der Waals surface area (Å²) < 4.78 is 33.8. The largest absolute Gasteiger partial charge is 0.459 e. The number of rotatable bonds is 9. The van der Waals surface area contributed by atoms with Crippen molar-refractivity contribution < 1.29 is 28.0 Å². The summed E-state index contributed by atoms with van der Waals surface area (Å²) in [7, 11) is -4.33. The van der Waals surface area contributed by atoms with Crippen LogP contribution in [0.25, 0.3) is 0 Å². The fourth-order valence-corrected chi connectivity index (χ4v) is 4.70. The van der Waals surface area contributed by atoms with E-state index in [9.17, 15) is 28.4 Å². The highest BCUT2D eigenvalue weighted by Crippen LogP contribution is 2.34. The molecule has 9 nitrogen and oxygen atoms in total. The van der Waals surface area contributed by atoms with Crippen LogP contribution >= 0.6 is 0 Å². The number of nitro benzene ring substituents is 1. The van der Waals surface area contributed by atoms with Crippen LogP contribution in [0.5, 0.6) is 0 Å². The van der Waals surface area contributed by atoms with Crippen molar-refractivity contribution in [2.75, 3.05) is 0 Å². The van der Waals surface area contributed by atoms with Gasteiger partial charge in [0.15, 0.2) is 5.54 Å². The number of aliphatic hydroxyl groups is 1. The van der Waals surface area contributed by atoms with E-state index >= 15 is 0 Å². The quantitative estimate of drug-likeness (QED) is 0.270. The van der Waals surface area contributed by atoms with Gasteiger partial charge in [-0.25, -0.2) is 13.2 Å². The third-order valence-electron chi connectivity index (χ3n) is 5.29. The number of esters is 1. The van der Waals surface area contributed by atoms with Gasteiger partial charge in [0.25, 0.3) is 5.69 Å². The number of nitro groups is 1. The van der Waals surface area contributed by atoms with E-state index in [1.807, 2.05) is 0 Å². The number of nitrogens with one attached hydrogen (secondary N) is 1. The van der Waals surface area contributed by atoms with Crippen molar-refractivity contribution >= 4 is 21.7 Å². The Labute approximate surface area is 197 Å². The maximum Gasteiger partial charge on any atom is 0.330 e. The molecule has 10 heteroatoms. The molecule has 3 rings (SSSR count). The molecule has 0 bridgehead atoms. The molecule has 2 atom stereocenters. The molecule has 34 heavy (non-hydrogen) atoms. The molecule has 0 aromatic heterocycles. The molecule has 0 aliphatic rings. The van der Waals surface area contributed by atoms with E-state index in [4.69, 9.17) is 4.74 Å². The van der Waals surface area contributed by atoms with Crippen LogP contribution < -0.4 is 4.72 Å². The van der Waals surface area contributed by atoms with Gasteiger partial charge in [0.2, 0.25) is 10.0 Å². The number of aliphatic hydroxyl groups excluding tert-OH is 1. The van der Waals surface area contributed by atoms with Crippen molar-refractivity contribution in [2.45, 2.75) is 37.0 Å². The topological polar surface area (TPSA) is 136 Å². The van der Waals surface area contributed by atoms with Gasteiger partial charge >= 0.3 is 5.97 Å². The van der Waals surface area contributed by atoms with Crippen LogP contribution in [0.2, 0.25) is 0 Å². The number of hydrogen-bond donors (Lipinski definition) is 2. The molecule has 0 fully saturated rings. The Kier molecular flexibility index (Phi) is 7.45. The monoisotopic (exact) mass is 484 g/mol. The third-order valence-corrected chi connectivity index (χ3v) is 6.87. The lowest BCUT2D eigenvalue weighted by molar-refractivity contribution is -0.386. The first-order valence-electron chi connectivity index (χ1n) is 10.3. The van der Waals surface area contributed by atoms with Crippen molar-refractivity contribution in [2.24, 2.45) is 0 Å². The normalized spacial score (nSPS) is 14.1. The van der Waals surface area contributed by atoms with Gasteiger partial charge in [-0.1, -0.05) is 60.2 Å². The first-order valence-corrected chi connectivity index (χ1v) is 11.8. The minimum Gasteiger partial charge on any atom is -0.459 e. The molecular weight excluding hydrogens is 460 g/mol. The highest BCUT2D eigenvalue weighted by molar-refractivity contribution is 7.89. The molecule has 0 amide bonds. The van der Waals surface area contributed by atoms with E-state index in [-0.39, 0.29) is 17.1 Å². The number of nitrogens with zero attached hydrogens (tertiary/aromatic N) is 1. The first kappa shape index (κ1) is 25.0. The van der Waals surface area contributed by atoms with Crippen LogP contribution in [0.4, 0.5) is 5.69 Å². The van der Waals surface area contributed by atoms with E-state index in [0.717, 1.165) is 18.6 Å². The Balaban J connectivity index is 2.02. The molecule has 0 aliphatic carbocycles. The third kappa shape index (κ3) is 5.48. The Morgan fingerprint density at radius 3 is 2.26 bits per heavy atom. The molecule has 178 valence electrons. The molecule has 2 N–H and O–H groups in total. The summed E-state index contributed by atoms with van der Waals surface area (Å²) in [4.78, 5) is 23.9. The smallest absolute Gasteiger partial charge is 0.330 e. The number of hydrogen-bond acceptors (Lipinski definition) is 7. The van der Waals surface area contributed by atoms with E-state index < -0.39 is 38.2 Å². The summed E-state index contributed by atoms with van der Waals surface area (Å²) in [6, 6.07) is 19.8. The van der Waals surface area contributed by atoms with Crippen molar-refractivity contribution in [3.8, 4) is 0 Å². The highest BCUT2D eigenvalue weighted by atomic mass is 32.2. The van der Waals surface area contributed by atoms with Gasteiger partial charge in [0.05, 0.1) is 15.4 Å². The molecule has 0 spiro atoms. The number of para-hydroxylation sites is 1. The van der Waals surface area contributed by atoms with Gasteiger partial charge in [0.1, 0.15) is 12.7 Å². The van der Waals surface area contributed by atoms with Crippen LogP contribution in [0, 0.1) is 17.0 Å². The number of carbonyl (C=O) groups is 1. The first-order chi connectivity index (χ1) is 16.0. The van der Waals surface area contributed by atoms with Crippen molar-refractivity contribution in [1.29, 1.82) is 0 Å². The summed E-state index contributed by atoms with van der Waals surface area (Å²) in [5.74, 6) is -1.10. The van der Waals surface area contributed by atoms with Crippen molar-refractivity contribution in [1.82, 2.24) is 4.72 Å². The van der Waals surface area contributed by atoms with Gasteiger partial charge < -0.3 is 9.84 Å². The molecule has 0 heterocycles. The molecule has 3 aromatic rings. The van der Waals surface area contributed by atoms with Crippen molar-refractivity contribution in [3.05, 3.63) is 106 Å². The molecule has 0 aliphatic heterocycles. The van der Waals surface area contributed by atoms with Crippen LogP contribution in [-0.2, 0) is 26.2 Å². The molecular formula is C24H24N2O7S. The fraction of sp³-hybridized carbons (Fsp3) is 0.208. The average molecular weight is 485 g/mol. The van der Waals surface area contributed by atoms with Gasteiger partial charge in [-0.2, -0.15) is 4.72 Å². The molecule has 0 saturated carbocycles. The average Bonchev–Trinajstić information content (AvgIpc) is 2.82. The Hall–Kier alpha value is -3.60. The number of ether oxygens (including phenoxy) is 1. The summed E-state index contributed by atoms with van der Waals surface area (Å²) >= 11 is 0. The molecule has 0 unspecified atom stereocenters. The second-order valence-corrected chi connectivity index (χ2v) is 9.58. The summed E-state index contributed by atoms with van der Waals surface area (Å²) in [5, 5.41) is 22.7. The fourth-order valence-electron chi connectivity index (χ4n) is 3.33. The van der Waals surface area contributed by atoms with Crippen LogP contribution in [0.3, 0.4) is 0 Å². The lowest BCUT2D eigenvalue weighted by atomic mass is 9.89. The predicted octanol–water partition coefficient (Wildman–Crippen LogP) is 3.42. The van der Waals surface area contributed by atoms with E-state index in [1.54, 1.807) is 49.4 Å². The number of carbonyl (C=O) groups excluding carboxylic acids is 1. The van der Waals surface area contributed by atoms with Crippen molar-refractivity contribution in [3.63, 3.8) is 0 Å². The minimum atomic E-state index is -4.33. The zero-order chi connectivity index (χ0) is 24.9. The maximum absolute atomic E-state index is 13.2. The predicted molar refractivity (Wildman–Crippen MR) is 124 cm³/mol. The van der Waals surface area contributed by atoms with Crippen LogP contribution in [0.15, 0.2) is 83.8 Å².